The molecule has 0 bridgehead atoms. The first-order valence-corrected chi connectivity index (χ1v) is 5.64. The molecule has 0 saturated carbocycles. The van der Waals surface area contributed by atoms with Gasteiger partial charge in [0.15, 0.2) is 0 Å². The molecule has 14 heavy (non-hydrogen) atoms. The second-order valence-corrected chi connectivity index (χ2v) is 4.52. The SMILES string of the molecule is CC(C)C(CCN)C1CCCNC1=O. The molecule has 82 valence electrons. The van der Waals surface area contributed by atoms with Crippen molar-refractivity contribution in [1.29, 1.82) is 0 Å². The molecular weight excluding hydrogens is 176 g/mol. The summed E-state index contributed by atoms with van der Waals surface area (Å²) in [6.07, 6.45) is 3.12. The van der Waals surface area contributed by atoms with Crippen LogP contribution in [0.4, 0.5) is 0 Å². The van der Waals surface area contributed by atoms with Gasteiger partial charge in [0.2, 0.25) is 5.91 Å². The molecule has 0 spiro atoms. The smallest absolute Gasteiger partial charge is 0.223 e. The van der Waals surface area contributed by atoms with Gasteiger partial charge in [-0.3, -0.25) is 4.79 Å². The minimum absolute atomic E-state index is 0.201. The number of nitrogens with two attached hydrogens (primary N) is 1. The van der Waals surface area contributed by atoms with Crippen molar-refractivity contribution in [2.75, 3.05) is 13.1 Å². The van der Waals surface area contributed by atoms with Crippen molar-refractivity contribution in [2.45, 2.75) is 33.1 Å². The number of rotatable bonds is 4. The van der Waals surface area contributed by atoms with Gasteiger partial charge in [-0.1, -0.05) is 13.8 Å². The van der Waals surface area contributed by atoms with Crippen LogP contribution in [0.2, 0.25) is 0 Å². The van der Waals surface area contributed by atoms with Gasteiger partial charge in [0.05, 0.1) is 0 Å². The highest BCUT2D eigenvalue weighted by Gasteiger charge is 2.31. The molecule has 1 aliphatic heterocycles. The van der Waals surface area contributed by atoms with Crippen molar-refractivity contribution in [3.05, 3.63) is 0 Å². The monoisotopic (exact) mass is 198 g/mol. The molecule has 1 rings (SSSR count). The zero-order valence-corrected chi connectivity index (χ0v) is 9.25. The second-order valence-electron chi connectivity index (χ2n) is 4.52. The molecule has 1 heterocycles. The van der Waals surface area contributed by atoms with Crippen LogP contribution >= 0.6 is 0 Å². The molecule has 0 aromatic carbocycles. The number of carbonyl (C=O) groups is 1. The molecule has 1 fully saturated rings. The van der Waals surface area contributed by atoms with E-state index in [2.05, 4.69) is 19.2 Å². The van der Waals surface area contributed by atoms with E-state index in [1.807, 2.05) is 0 Å². The summed E-state index contributed by atoms with van der Waals surface area (Å²) in [5.74, 6) is 1.45. The van der Waals surface area contributed by atoms with Gasteiger partial charge in [-0.05, 0) is 37.6 Å². The van der Waals surface area contributed by atoms with Crippen molar-refractivity contribution < 1.29 is 4.79 Å². The second kappa shape index (κ2) is 5.35. The third kappa shape index (κ3) is 2.71. The van der Waals surface area contributed by atoms with Gasteiger partial charge in [0.25, 0.3) is 0 Å². The van der Waals surface area contributed by atoms with Crippen LogP contribution in [-0.2, 0) is 4.79 Å². The first kappa shape index (κ1) is 11.5. The lowest BCUT2D eigenvalue weighted by molar-refractivity contribution is -0.129. The lowest BCUT2D eigenvalue weighted by Crippen LogP contribution is -2.42. The van der Waals surface area contributed by atoms with E-state index in [4.69, 9.17) is 5.73 Å². The van der Waals surface area contributed by atoms with E-state index in [-0.39, 0.29) is 11.8 Å². The van der Waals surface area contributed by atoms with E-state index in [1.165, 1.54) is 0 Å². The Kier molecular flexibility index (Phi) is 4.39. The van der Waals surface area contributed by atoms with E-state index in [9.17, 15) is 4.79 Å². The third-order valence-corrected chi connectivity index (χ3v) is 3.20. The standard InChI is InChI=1S/C11H22N2O/c1-8(2)9(5-6-12)10-4-3-7-13-11(10)14/h8-10H,3-7,12H2,1-2H3,(H,13,14). The molecule has 1 aliphatic rings. The van der Waals surface area contributed by atoms with Gasteiger partial charge in [-0.2, -0.15) is 0 Å². The lowest BCUT2D eigenvalue weighted by atomic mass is 9.77. The molecule has 0 radical (unpaired) electrons. The van der Waals surface area contributed by atoms with Gasteiger partial charge < -0.3 is 11.1 Å². The van der Waals surface area contributed by atoms with Gasteiger partial charge in [-0.15, -0.1) is 0 Å². The Hall–Kier alpha value is -0.570. The predicted octanol–water partition coefficient (Wildman–Crippen LogP) is 1.13. The zero-order chi connectivity index (χ0) is 10.6. The summed E-state index contributed by atoms with van der Waals surface area (Å²) in [4.78, 5) is 11.7. The minimum atomic E-state index is 0.201. The topological polar surface area (TPSA) is 55.1 Å². The van der Waals surface area contributed by atoms with E-state index in [1.54, 1.807) is 0 Å². The molecule has 1 amide bonds. The molecule has 1 saturated heterocycles. The number of nitrogens with one attached hydrogen (secondary N) is 1. The Labute approximate surface area is 86.4 Å². The molecule has 0 aromatic heterocycles. The molecule has 3 heteroatoms. The van der Waals surface area contributed by atoms with Crippen LogP contribution in [0.25, 0.3) is 0 Å². The Morgan fingerprint density at radius 1 is 1.57 bits per heavy atom. The fraction of sp³-hybridized carbons (Fsp3) is 0.909. The Bertz CT molecular complexity index is 192. The number of carbonyl (C=O) groups excluding carboxylic acids is 1. The quantitative estimate of drug-likeness (QED) is 0.711. The van der Waals surface area contributed by atoms with Crippen molar-refractivity contribution in [3.63, 3.8) is 0 Å². The van der Waals surface area contributed by atoms with Crippen LogP contribution in [0.3, 0.4) is 0 Å². The van der Waals surface area contributed by atoms with Crippen LogP contribution in [0.1, 0.15) is 33.1 Å². The highest BCUT2D eigenvalue weighted by Crippen LogP contribution is 2.29. The maximum Gasteiger partial charge on any atom is 0.223 e. The highest BCUT2D eigenvalue weighted by molar-refractivity contribution is 5.79. The summed E-state index contributed by atoms with van der Waals surface area (Å²) in [5, 5.41) is 2.95. The largest absolute Gasteiger partial charge is 0.356 e. The normalized spacial score (nSPS) is 24.9. The van der Waals surface area contributed by atoms with Gasteiger partial charge in [0, 0.05) is 12.5 Å². The number of amides is 1. The summed E-state index contributed by atoms with van der Waals surface area (Å²) in [6, 6.07) is 0. The zero-order valence-electron chi connectivity index (χ0n) is 9.25. The fourth-order valence-electron chi connectivity index (χ4n) is 2.40. The number of piperidine rings is 1. The average molecular weight is 198 g/mol. The van der Waals surface area contributed by atoms with E-state index in [0.29, 0.717) is 18.4 Å². The molecule has 2 unspecified atom stereocenters. The number of hydrogen-bond acceptors (Lipinski definition) is 2. The number of hydrogen-bond donors (Lipinski definition) is 2. The predicted molar refractivity (Wildman–Crippen MR) is 57.7 cm³/mol. The van der Waals surface area contributed by atoms with Crippen LogP contribution in [-0.4, -0.2) is 19.0 Å². The van der Waals surface area contributed by atoms with Gasteiger partial charge >= 0.3 is 0 Å². The van der Waals surface area contributed by atoms with Crippen molar-refractivity contribution >= 4 is 5.91 Å². The lowest BCUT2D eigenvalue weighted by Gasteiger charge is -2.32. The third-order valence-electron chi connectivity index (χ3n) is 3.20. The van der Waals surface area contributed by atoms with Crippen molar-refractivity contribution in [3.8, 4) is 0 Å². The minimum Gasteiger partial charge on any atom is -0.356 e. The Morgan fingerprint density at radius 3 is 2.79 bits per heavy atom. The highest BCUT2D eigenvalue weighted by atomic mass is 16.1. The summed E-state index contributed by atoms with van der Waals surface area (Å²) in [6.45, 7) is 5.90. The van der Waals surface area contributed by atoms with E-state index >= 15 is 0 Å². The first-order chi connectivity index (χ1) is 6.66. The van der Waals surface area contributed by atoms with Crippen LogP contribution < -0.4 is 11.1 Å². The average Bonchev–Trinajstić information content (AvgIpc) is 2.15. The molecule has 2 atom stereocenters. The van der Waals surface area contributed by atoms with Crippen LogP contribution in [0.15, 0.2) is 0 Å². The van der Waals surface area contributed by atoms with E-state index < -0.39 is 0 Å². The first-order valence-electron chi connectivity index (χ1n) is 5.64. The molecule has 0 aromatic rings. The maximum atomic E-state index is 11.7. The Morgan fingerprint density at radius 2 is 2.29 bits per heavy atom. The molecule has 3 N–H and O–H groups in total. The summed E-state index contributed by atoms with van der Waals surface area (Å²) in [5.41, 5.74) is 5.59. The van der Waals surface area contributed by atoms with Crippen molar-refractivity contribution in [1.82, 2.24) is 5.32 Å². The van der Waals surface area contributed by atoms with Crippen LogP contribution in [0.5, 0.6) is 0 Å². The summed E-state index contributed by atoms with van der Waals surface area (Å²) < 4.78 is 0. The van der Waals surface area contributed by atoms with Crippen LogP contribution in [0, 0.1) is 17.8 Å². The molecular formula is C11H22N2O. The molecule has 3 nitrogen and oxygen atoms in total. The fourth-order valence-corrected chi connectivity index (χ4v) is 2.40. The summed E-state index contributed by atoms with van der Waals surface area (Å²) >= 11 is 0. The van der Waals surface area contributed by atoms with Crippen molar-refractivity contribution in [2.24, 2.45) is 23.5 Å². The summed E-state index contributed by atoms with van der Waals surface area (Å²) in [7, 11) is 0. The Balaban J connectivity index is 2.60. The van der Waals surface area contributed by atoms with E-state index in [0.717, 1.165) is 25.8 Å². The van der Waals surface area contributed by atoms with Gasteiger partial charge in [-0.25, -0.2) is 0 Å². The maximum absolute atomic E-state index is 11.7. The van der Waals surface area contributed by atoms with Gasteiger partial charge in [0.1, 0.15) is 0 Å². The molecule has 0 aliphatic carbocycles.